The minimum Gasteiger partial charge on any atom is -0.348 e. The molecule has 0 atom stereocenters. The van der Waals surface area contributed by atoms with Gasteiger partial charge >= 0.3 is 0 Å². The molecule has 15 heavy (non-hydrogen) atoms. The number of aromatic nitrogens is 3. The van der Waals surface area contributed by atoms with Crippen molar-refractivity contribution in [2.24, 2.45) is 0 Å². The van der Waals surface area contributed by atoms with Crippen molar-refractivity contribution in [3.8, 4) is 0 Å². The monoisotopic (exact) mass is 222 g/mol. The summed E-state index contributed by atoms with van der Waals surface area (Å²) in [4.78, 5) is 12.6. The first-order valence-corrected chi connectivity index (χ1v) is 5.81. The van der Waals surface area contributed by atoms with Crippen molar-refractivity contribution in [1.29, 1.82) is 0 Å². The van der Waals surface area contributed by atoms with Crippen LogP contribution in [-0.4, -0.2) is 21.5 Å². The minimum absolute atomic E-state index is 0.907. The molecule has 0 amide bonds. The number of hydrogen-bond acceptors (Lipinski definition) is 4. The van der Waals surface area contributed by atoms with E-state index in [9.17, 15) is 0 Å². The van der Waals surface area contributed by atoms with Crippen molar-refractivity contribution in [3.05, 3.63) is 34.3 Å². The van der Waals surface area contributed by atoms with Crippen molar-refractivity contribution in [1.82, 2.24) is 20.3 Å². The number of thiazole rings is 1. The highest BCUT2D eigenvalue weighted by atomic mass is 32.1. The number of nitrogens with one attached hydrogen (secondary N) is 2. The van der Waals surface area contributed by atoms with E-state index in [-0.39, 0.29) is 0 Å². The predicted molar refractivity (Wildman–Crippen MR) is 60.8 cm³/mol. The van der Waals surface area contributed by atoms with E-state index in [2.05, 4.69) is 20.3 Å². The molecule has 5 heteroatoms. The van der Waals surface area contributed by atoms with Crippen LogP contribution in [0.5, 0.6) is 0 Å². The molecule has 2 aromatic rings. The van der Waals surface area contributed by atoms with Gasteiger partial charge in [-0.15, -0.1) is 11.3 Å². The highest BCUT2D eigenvalue weighted by Crippen LogP contribution is 2.10. The van der Waals surface area contributed by atoms with E-state index in [0.717, 1.165) is 25.2 Å². The zero-order valence-corrected chi connectivity index (χ0v) is 9.47. The van der Waals surface area contributed by atoms with Crippen LogP contribution >= 0.6 is 11.3 Å². The average molecular weight is 222 g/mol. The van der Waals surface area contributed by atoms with E-state index < -0.39 is 0 Å². The van der Waals surface area contributed by atoms with Crippen LogP contribution in [0.25, 0.3) is 0 Å². The molecular weight excluding hydrogens is 208 g/mol. The van der Waals surface area contributed by atoms with Gasteiger partial charge in [-0.05, 0) is 6.92 Å². The fraction of sp³-hybridized carbons (Fsp3) is 0.400. The van der Waals surface area contributed by atoms with Gasteiger partial charge in [-0.2, -0.15) is 0 Å². The summed E-state index contributed by atoms with van der Waals surface area (Å²) in [6.07, 6.45) is 4.56. The van der Waals surface area contributed by atoms with Crippen LogP contribution in [-0.2, 0) is 13.0 Å². The van der Waals surface area contributed by atoms with Crippen LogP contribution in [0, 0.1) is 6.92 Å². The summed E-state index contributed by atoms with van der Waals surface area (Å²) in [6, 6.07) is 0. The molecule has 0 aliphatic carbocycles. The van der Waals surface area contributed by atoms with E-state index in [0.29, 0.717) is 0 Å². The van der Waals surface area contributed by atoms with Gasteiger partial charge in [0.05, 0.1) is 17.5 Å². The average Bonchev–Trinajstić information content (AvgIpc) is 2.85. The molecule has 2 N–H and O–H groups in total. The molecule has 0 saturated heterocycles. The SMILES string of the molecule is Cc1ncsc1CNCCc1cnc[nH]1. The van der Waals surface area contributed by atoms with E-state index in [1.807, 2.05) is 18.6 Å². The maximum Gasteiger partial charge on any atom is 0.0921 e. The zero-order chi connectivity index (χ0) is 10.5. The van der Waals surface area contributed by atoms with Gasteiger partial charge in [0.1, 0.15) is 0 Å². The van der Waals surface area contributed by atoms with Gasteiger partial charge in [0, 0.05) is 36.3 Å². The lowest BCUT2D eigenvalue weighted by Crippen LogP contribution is -2.16. The molecular formula is C10H14N4S. The Morgan fingerprint density at radius 3 is 3.13 bits per heavy atom. The smallest absolute Gasteiger partial charge is 0.0921 e. The normalized spacial score (nSPS) is 10.7. The fourth-order valence-corrected chi connectivity index (χ4v) is 2.09. The van der Waals surface area contributed by atoms with E-state index >= 15 is 0 Å². The predicted octanol–water partition coefficient (Wildman–Crippen LogP) is 1.51. The topological polar surface area (TPSA) is 53.6 Å². The first-order valence-electron chi connectivity index (χ1n) is 4.93. The molecule has 0 spiro atoms. The van der Waals surface area contributed by atoms with Gasteiger partial charge in [-0.25, -0.2) is 9.97 Å². The summed E-state index contributed by atoms with van der Waals surface area (Å²) < 4.78 is 0. The summed E-state index contributed by atoms with van der Waals surface area (Å²) in [5, 5.41) is 3.39. The quantitative estimate of drug-likeness (QED) is 0.754. The molecule has 80 valence electrons. The minimum atomic E-state index is 0.907. The molecule has 0 aliphatic rings. The Labute approximate surface area is 92.8 Å². The molecule has 0 aliphatic heterocycles. The standard InChI is InChI=1S/C10H14N4S/c1-8-10(15-7-14-8)5-11-3-2-9-4-12-6-13-9/h4,6-7,11H,2-3,5H2,1H3,(H,12,13). The van der Waals surface area contributed by atoms with Gasteiger partial charge in [-0.3, -0.25) is 0 Å². The number of aryl methyl sites for hydroxylation is 1. The Morgan fingerprint density at radius 1 is 1.53 bits per heavy atom. The van der Waals surface area contributed by atoms with Gasteiger partial charge in [-0.1, -0.05) is 0 Å². The lowest BCUT2D eigenvalue weighted by molar-refractivity contribution is 0.684. The zero-order valence-electron chi connectivity index (χ0n) is 8.66. The number of H-pyrrole nitrogens is 1. The molecule has 0 radical (unpaired) electrons. The first kappa shape index (κ1) is 10.3. The van der Waals surface area contributed by atoms with Crippen LogP contribution in [0.2, 0.25) is 0 Å². The van der Waals surface area contributed by atoms with Gasteiger partial charge in [0.15, 0.2) is 0 Å². The van der Waals surface area contributed by atoms with Crippen molar-refractivity contribution < 1.29 is 0 Å². The largest absolute Gasteiger partial charge is 0.348 e. The van der Waals surface area contributed by atoms with Crippen LogP contribution in [0.3, 0.4) is 0 Å². The Kier molecular flexibility index (Phi) is 3.47. The van der Waals surface area contributed by atoms with Gasteiger partial charge in [0.25, 0.3) is 0 Å². The van der Waals surface area contributed by atoms with Crippen LogP contribution in [0.4, 0.5) is 0 Å². The molecule has 0 saturated carbocycles. The maximum absolute atomic E-state index is 4.21. The third kappa shape index (κ3) is 2.87. The second kappa shape index (κ2) is 5.04. The van der Waals surface area contributed by atoms with Crippen molar-refractivity contribution >= 4 is 11.3 Å². The molecule has 0 bridgehead atoms. The summed E-state index contributed by atoms with van der Waals surface area (Å²) in [5.41, 5.74) is 4.19. The lowest BCUT2D eigenvalue weighted by Gasteiger charge is -2.01. The summed E-state index contributed by atoms with van der Waals surface area (Å²) >= 11 is 1.70. The van der Waals surface area contributed by atoms with Crippen molar-refractivity contribution in [2.45, 2.75) is 19.9 Å². The number of aromatic amines is 1. The van der Waals surface area contributed by atoms with Gasteiger partial charge < -0.3 is 10.3 Å². The van der Waals surface area contributed by atoms with E-state index in [1.54, 1.807) is 17.7 Å². The van der Waals surface area contributed by atoms with E-state index in [4.69, 9.17) is 0 Å². The van der Waals surface area contributed by atoms with Crippen molar-refractivity contribution in [3.63, 3.8) is 0 Å². The van der Waals surface area contributed by atoms with E-state index in [1.165, 1.54) is 10.6 Å². The second-order valence-electron chi connectivity index (χ2n) is 3.36. The molecule has 2 rings (SSSR count). The number of imidazole rings is 1. The van der Waals surface area contributed by atoms with Crippen LogP contribution in [0.1, 0.15) is 16.3 Å². The first-order chi connectivity index (χ1) is 7.36. The third-order valence-corrected chi connectivity index (χ3v) is 3.19. The Bertz CT molecular complexity index is 393. The molecule has 0 unspecified atom stereocenters. The molecule has 0 fully saturated rings. The summed E-state index contributed by atoms with van der Waals surface area (Å²) in [5.74, 6) is 0. The van der Waals surface area contributed by atoms with Crippen LogP contribution < -0.4 is 5.32 Å². The second-order valence-corrected chi connectivity index (χ2v) is 4.30. The molecule has 0 aromatic carbocycles. The van der Waals surface area contributed by atoms with Gasteiger partial charge in [0.2, 0.25) is 0 Å². The summed E-state index contributed by atoms with van der Waals surface area (Å²) in [7, 11) is 0. The number of nitrogens with zero attached hydrogens (tertiary/aromatic N) is 2. The lowest BCUT2D eigenvalue weighted by atomic mass is 10.3. The highest BCUT2D eigenvalue weighted by Gasteiger charge is 2.00. The molecule has 4 nitrogen and oxygen atoms in total. The Hall–Kier alpha value is -1.20. The number of hydrogen-bond donors (Lipinski definition) is 2. The number of rotatable bonds is 5. The van der Waals surface area contributed by atoms with Crippen molar-refractivity contribution in [2.75, 3.05) is 6.54 Å². The fourth-order valence-electron chi connectivity index (χ4n) is 1.34. The Morgan fingerprint density at radius 2 is 2.47 bits per heavy atom. The van der Waals surface area contributed by atoms with Crippen LogP contribution in [0.15, 0.2) is 18.0 Å². The summed E-state index contributed by atoms with van der Waals surface area (Å²) in [6.45, 7) is 3.91. The maximum atomic E-state index is 4.21. The third-order valence-electron chi connectivity index (χ3n) is 2.26. The Balaban J connectivity index is 1.70. The molecule has 2 heterocycles. The molecule has 2 aromatic heterocycles. The highest BCUT2D eigenvalue weighted by molar-refractivity contribution is 7.09.